The summed E-state index contributed by atoms with van der Waals surface area (Å²) < 4.78 is 33.4. The van der Waals surface area contributed by atoms with Crippen LogP contribution in [0.2, 0.25) is 0 Å². The van der Waals surface area contributed by atoms with E-state index in [2.05, 4.69) is 0 Å². The molecule has 112 valence electrons. The second-order valence-corrected chi connectivity index (χ2v) is 6.08. The Kier molecular flexibility index (Phi) is 5.03. The van der Waals surface area contributed by atoms with Crippen molar-refractivity contribution in [1.29, 1.82) is 5.26 Å². The van der Waals surface area contributed by atoms with Gasteiger partial charge in [-0.1, -0.05) is 6.07 Å². The molecule has 0 amide bonds. The molecule has 0 unspecified atom stereocenters. The average molecular weight is 309 g/mol. The molecule has 0 spiro atoms. The monoisotopic (exact) mass is 309 g/mol. The molecule has 0 fully saturated rings. The highest BCUT2D eigenvalue weighted by Gasteiger charge is 2.30. The van der Waals surface area contributed by atoms with E-state index < -0.39 is 7.60 Å². The van der Waals surface area contributed by atoms with Gasteiger partial charge in [-0.05, 0) is 37.6 Å². The molecule has 0 N–H and O–H groups in total. The molecule has 0 saturated heterocycles. The van der Waals surface area contributed by atoms with E-state index in [0.717, 1.165) is 0 Å². The largest absolute Gasteiger partial charge is 0.454 e. The highest BCUT2D eigenvalue weighted by Crippen LogP contribution is 2.56. The number of benzene rings is 1. The standard InChI is InChI=1S/C14H16NO5P/c1-3-19-21(16,20-4-2)12(9-15)7-11-5-6-13-14(8-11)18-10-17-13/h5-8H,3-4,10H2,1-2H3/b12-7-. The maximum absolute atomic E-state index is 12.6. The molecule has 6 nitrogen and oxygen atoms in total. The molecular formula is C14H16NO5P. The van der Waals surface area contributed by atoms with E-state index in [0.29, 0.717) is 17.1 Å². The van der Waals surface area contributed by atoms with Crippen LogP contribution in [-0.2, 0) is 13.6 Å². The van der Waals surface area contributed by atoms with Gasteiger partial charge in [0.25, 0.3) is 0 Å². The first-order chi connectivity index (χ1) is 10.1. The molecule has 0 saturated carbocycles. The molecule has 21 heavy (non-hydrogen) atoms. The second kappa shape index (κ2) is 6.77. The zero-order valence-electron chi connectivity index (χ0n) is 11.9. The van der Waals surface area contributed by atoms with Crippen molar-refractivity contribution in [1.82, 2.24) is 0 Å². The van der Waals surface area contributed by atoms with Crippen LogP contribution in [0.3, 0.4) is 0 Å². The van der Waals surface area contributed by atoms with Gasteiger partial charge in [0.15, 0.2) is 11.5 Å². The van der Waals surface area contributed by atoms with Gasteiger partial charge in [0.05, 0.1) is 13.2 Å². The molecule has 0 aliphatic carbocycles. The first kappa shape index (κ1) is 15.6. The summed E-state index contributed by atoms with van der Waals surface area (Å²) in [6.07, 6.45) is 1.48. The number of ether oxygens (including phenoxy) is 2. The van der Waals surface area contributed by atoms with Crippen molar-refractivity contribution in [2.45, 2.75) is 13.8 Å². The van der Waals surface area contributed by atoms with Crippen LogP contribution < -0.4 is 9.47 Å². The fraction of sp³-hybridized carbons (Fsp3) is 0.357. The lowest BCUT2D eigenvalue weighted by atomic mass is 10.2. The van der Waals surface area contributed by atoms with Crippen molar-refractivity contribution in [3.8, 4) is 17.6 Å². The van der Waals surface area contributed by atoms with Crippen LogP contribution in [0.1, 0.15) is 19.4 Å². The predicted octanol–water partition coefficient (Wildman–Crippen LogP) is 3.55. The van der Waals surface area contributed by atoms with Crippen LogP contribution >= 0.6 is 7.60 Å². The van der Waals surface area contributed by atoms with Crippen molar-refractivity contribution in [2.75, 3.05) is 20.0 Å². The topological polar surface area (TPSA) is 77.8 Å². The number of fused-ring (bicyclic) bond motifs is 1. The molecule has 0 radical (unpaired) electrons. The number of nitriles is 1. The van der Waals surface area contributed by atoms with Gasteiger partial charge in [-0.25, -0.2) is 0 Å². The molecule has 7 heteroatoms. The van der Waals surface area contributed by atoms with Gasteiger partial charge < -0.3 is 18.5 Å². The van der Waals surface area contributed by atoms with Gasteiger partial charge in [-0.2, -0.15) is 5.26 Å². The molecule has 0 atom stereocenters. The molecular weight excluding hydrogens is 293 g/mol. The van der Waals surface area contributed by atoms with Crippen LogP contribution in [0.15, 0.2) is 23.5 Å². The zero-order chi connectivity index (χ0) is 15.3. The van der Waals surface area contributed by atoms with E-state index in [1.807, 2.05) is 6.07 Å². The molecule has 1 aromatic rings. The Labute approximate surface area is 123 Å². The molecule has 1 aliphatic rings. The normalized spacial score (nSPS) is 14.0. The summed E-state index contributed by atoms with van der Waals surface area (Å²) in [7, 11) is -3.59. The van der Waals surface area contributed by atoms with Crippen molar-refractivity contribution in [3.05, 3.63) is 29.1 Å². The molecule has 0 bridgehead atoms. The lowest BCUT2D eigenvalue weighted by Gasteiger charge is -2.15. The van der Waals surface area contributed by atoms with Crippen LogP contribution in [0.5, 0.6) is 11.5 Å². The number of hydrogen-bond donors (Lipinski definition) is 0. The maximum atomic E-state index is 12.6. The van der Waals surface area contributed by atoms with Crippen molar-refractivity contribution >= 4 is 13.7 Å². The Bertz CT molecular complexity index is 625. The fourth-order valence-electron chi connectivity index (χ4n) is 1.85. The minimum atomic E-state index is -3.59. The Hall–Kier alpha value is -1.80. The van der Waals surface area contributed by atoms with Crippen LogP contribution in [0.4, 0.5) is 0 Å². The lowest BCUT2D eigenvalue weighted by Crippen LogP contribution is -1.97. The lowest BCUT2D eigenvalue weighted by molar-refractivity contribution is 0.174. The van der Waals surface area contributed by atoms with Crippen molar-refractivity contribution < 1.29 is 23.1 Å². The highest BCUT2D eigenvalue weighted by molar-refractivity contribution is 7.59. The molecule has 2 rings (SSSR count). The van der Waals surface area contributed by atoms with Gasteiger partial charge in [0.2, 0.25) is 6.79 Å². The fourth-order valence-corrected chi connectivity index (χ4v) is 3.31. The Balaban J connectivity index is 2.35. The SMILES string of the molecule is CCOP(=O)(OCC)/C(C#N)=C\c1ccc2c(c1)OCO2. The summed E-state index contributed by atoms with van der Waals surface area (Å²) in [5.74, 6) is 1.23. The van der Waals surface area contributed by atoms with Gasteiger partial charge >= 0.3 is 7.60 Å². The van der Waals surface area contributed by atoms with Gasteiger partial charge in [0.1, 0.15) is 11.4 Å². The Morgan fingerprint density at radius 1 is 1.33 bits per heavy atom. The van der Waals surface area contributed by atoms with E-state index >= 15 is 0 Å². The highest BCUT2D eigenvalue weighted by atomic mass is 31.2. The van der Waals surface area contributed by atoms with Crippen LogP contribution in [-0.4, -0.2) is 20.0 Å². The third-order valence-corrected chi connectivity index (χ3v) is 4.72. The molecule has 0 aromatic heterocycles. The number of nitrogens with zero attached hydrogens (tertiary/aromatic N) is 1. The molecule has 1 aromatic carbocycles. The minimum absolute atomic E-state index is 0.0370. The zero-order valence-corrected chi connectivity index (χ0v) is 12.8. The summed E-state index contributed by atoms with van der Waals surface area (Å²) in [6, 6.07) is 7.09. The third-order valence-electron chi connectivity index (χ3n) is 2.71. The van der Waals surface area contributed by atoms with Crippen molar-refractivity contribution in [3.63, 3.8) is 0 Å². The number of hydrogen-bond acceptors (Lipinski definition) is 6. The summed E-state index contributed by atoms with van der Waals surface area (Å²) in [5.41, 5.74) is 0.662. The number of rotatable bonds is 6. The quantitative estimate of drug-likeness (QED) is 0.590. The maximum Gasteiger partial charge on any atom is 0.371 e. The summed E-state index contributed by atoms with van der Waals surface area (Å²) in [4.78, 5) is 0. The summed E-state index contributed by atoms with van der Waals surface area (Å²) >= 11 is 0. The van der Waals surface area contributed by atoms with E-state index in [9.17, 15) is 9.83 Å². The summed E-state index contributed by atoms with van der Waals surface area (Å²) in [6.45, 7) is 3.95. The number of allylic oxidation sites excluding steroid dienone is 1. The Morgan fingerprint density at radius 2 is 2.00 bits per heavy atom. The Morgan fingerprint density at radius 3 is 2.62 bits per heavy atom. The second-order valence-electron chi connectivity index (χ2n) is 4.09. The molecule has 1 aliphatic heterocycles. The predicted molar refractivity (Wildman–Crippen MR) is 77.0 cm³/mol. The average Bonchev–Trinajstić information content (AvgIpc) is 2.92. The van der Waals surface area contributed by atoms with Crippen LogP contribution in [0, 0.1) is 11.3 Å². The molecule has 1 heterocycles. The first-order valence-corrected chi connectivity index (χ1v) is 8.08. The van der Waals surface area contributed by atoms with E-state index in [1.54, 1.807) is 32.0 Å². The van der Waals surface area contributed by atoms with Gasteiger partial charge in [0, 0.05) is 0 Å². The van der Waals surface area contributed by atoms with Gasteiger partial charge in [-0.3, -0.25) is 4.57 Å². The smallest absolute Gasteiger partial charge is 0.371 e. The van der Waals surface area contributed by atoms with Crippen LogP contribution in [0.25, 0.3) is 6.08 Å². The van der Waals surface area contributed by atoms with E-state index in [-0.39, 0.29) is 25.3 Å². The van der Waals surface area contributed by atoms with Crippen molar-refractivity contribution in [2.24, 2.45) is 0 Å². The summed E-state index contributed by atoms with van der Waals surface area (Å²) in [5, 5.41) is 9.23. The first-order valence-electron chi connectivity index (χ1n) is 6.54. The third kappa shape index (κ3) is 3.45. The van der Waals surface area contributed by atoms with Gasteiger partial charge in [-0.15, -0.1) is 0 Å². The van der Waals surface area contributed by atoms with E-state index in [1.165, 1.54) is 6.08 Å². The van der Waals surface area contributed by atoms with E-state index in [4.69, 9.17) is 18.5 Å². The minimum Gasteiger partial charge on any atom is -0.454 e.